The molecular weight excluding hydrogens is 410 g/mol. The highest BCUT2D eigenvalue weighted by Gasteiger charge is 2.11. The molecule has 1 aromatic carbocycles. The highest BCUT2D eigenvalue weighted by molar-refractivity contribution is 14.1. The lowest BCUT2D eigenvalue weighted by molar-refractivity contribution is 0.463. The van der Waals surface area contributed by atoms with E-state index in [2.05, 4.69) is 39.8 Å². The Kier molecular flexibility index (Phi) is 5.74. The van der Waals surface area contributed by atoms with Crippen LogP contribution in [0.5, 0.6) is 11.6 Å². The first kappa shape index (κ1) is 15.7. The number of nitrogens with one attached hydrogen (secondary N) is 1. The largest absolute Gasteiger partial charge is 0.437 e. The molecule has 0 spiro atoms. The van der Waals surface area contributed by atoms with E-state index < -0.39 is 0 Å². The Bertz CT molecular complexity index is 608. The summed E-state index contributed by atoms with van der Waals surface area (Å²) in [5.74, 6) is 1.62. The fourth-order valence-corrected chi connectivity index (χ4v) is 2.51. The molecule has 0 amide bonds. The maximum absolute atomic E-state index is 6.12. The summed E-state index contributed by atoms with van der Waals surface area (Å²) in [6.45, 7) is 2.86. The van der Waals surface area contributed by atoms with Crippen LogP contribution in [0.2, 0.25) is 10.0 Å². The van der Waals surface area contributed by atoms with E-state index in [1.54, 1.807) is 6.07 Å². The van der Waals surface area contributed by atoms with Crippen LogP contribution in [0.3, 0.4) is 0 Å². The van der Waals surface area contributed by atoms with Crippen molar-refractivity contribution in [1.82, 2.24) is 4.98 Å². The minimum atomic E-state index is 0.344. The van der Waals surface area contributed by atoms with Crippen LogP contribution in [0.25, 0.3) is 0 Å². The fourth-order valence-electron chi connectivity index (χ4n) is 1.53. The number of pyridine rings is 1. The Morgan fingerprint density at radius 3 is 2.75 bits per heavy atom. The Hall–Kier alpha value is -0.720. The van der Waals surface area contributed by atoms with Gasteiger partial charge in [0.05, 0.1) is 5.02 Å². The van der Waals surface area contributed by atoms with Crippen molar-refractivity contribution in [1.29, 1.82) is 0 Å². The zero-order valence-corrected chi connectivity index (χ0v) is 14.5. The van der Waals surface area contributed by atoms with Gasteiger partial charge in [0.25, 0.3) is 0 Å². The summed E-state index contributed by atoms with van der Waals surface area (Å²) in [6.07, 6.45) is 0.980. The second kappa shape index (κ2) is 7.33. The molecule has 0 bridgehead atoms. The standard InChI is InChI=1S/C14H13Cl2IN2O/c1-2-6-18-13-11(15)8-12(16)14(19-13)20-10-5-3-4-9(17)7-10/h3-5,7-8H,2,6H2,1H3,(H,18,19). The van der Waals surface area contributed by atoms with E-state index in [1.807, 2.05) is 24.3 Å². The van der Waals surface area contributed by atoms with Gasteiger partial charge in [0.15, 0.2) is 0 Å². The zero-order valence-electron chi connectivity index (χ0n) is 10.8. The van der Waals surface area contributed by atoms with Crippen LogP contribution in [0, 0.1) is 3.57 Å². The number of anilines is 1. The summed E-state index contributed by atoms with van der Waals surface area (Å²) >= 11 is 14.4. The highest BCUT2D eigenvalue weighted by atomic mass is 127. The number of aromatic nitrogens is 1. The lowest BCUT2D eigenvalue weighted by atomic mass is 10.3. The molecule has 3 nitrogen and oxygen atoms in total. The highest BCUT2D eigenvalue weighted by Crippen LogP contribution is 2.33. The van der Waals surface area contributed by atoms with E-state index >= 15 is 0 Å². The first-order valence-corrected chi connectivity index (χ1v) is 7.97. The average Bonchev–Trinajstić information content (AvgIpc) is 2.40. The minimum absolute atomic E-state index is 0.344. The lowest BCUT2D eigenvalue weighted by Gasteiger charge is -2.11. The number of ether oxygens (including phenoxy) is 1. The molecule has 0 aliphatic rings. The van der Waals surface area contributed by atoms with Crippen molar-refractivity contribution in [3.8, 4) is 11.6 Å². The second-order valence-corrected chi connectivity index (χ2v) is 6.15. The third-order valence-electron chi connectivity index (χ3n) is 2.45. The van der Waals surface area contributed by atoms with Crippen molar-refractivity contribution in [2.75, 3.05) is 11.9 Å². The number of hydrogen-bond donors (Lipinski definition) is 1. The average molecular weight is 423 g/mol. The van der Waals surface area contributed by atoms with Gasteiger partial charge in [0.2, 0.25) is 5.88 Å². The zero-order chi connectivity index (χ0) is 14.5. The number of rotatable bonds is 5. The fraction of sp³-hybridized carbons (Fsp3) is 0.214. The predicted molar refractivity (Wildman–Crippen MR) is 92.3 cm³/mol. The van der Waals surface area contributed by atoms with Crippen LogP contribution in [0.1, 0.15) is 13.3 Å². The molecule has 1 aromatic heterocycles. The molecule has 106 valence electrons. The summed E-state index contributed by atoms with van der Waals surface area (Å²) in [4.78, 5) is 4.33. The number of nitrogens with zero attached hydrogens (tertiary/aromatic N) is 1. The molecule has 0 atom stereocenters. The van der Waals surface area contributed by atoms with Crippen LogP contribution in [-0.4, -0.2) is 11.5 Å². The lowest BCUT2D eigenvalue weighted by Crippen LogP contribution is -2.03. The Balaban J connectivity index is 2.26. The van der Waals surface area contributed by atoms with Crippen LogP contribution in [0.15, 0.2) is 30.3 Å². The molecule has 0 fully saturated rings. The third kappa shape index (κ3) is 4.14. The van der Waals surface area contributed by atoms with Gasteiger partial charge in [-0.2, -0.15) is 4.98 Å². The van der Waals surface area contributed by atoms with E-state index in [-0.39, 0.29) is 0 Å². The molecule has 0 saturated heterocycles. The Labute approximate surface area is 141 Å². The monoisotopic (exact) mass is 422 g/mol. The topological polar surface area (TPSA) is 34.2 Å². The number of benzene rings is 1. The van der Waals surface area contributed by atoms with Gasteiger partial charge in [0.1, 0.15) is 16.6 Å². The van der Waals surface area contributed by atoms with Crippen LogP contribution in [-0.2, 0) is 0 Å². The van der Waals surface area contributed by atoms with Crippen molar-refractivity contribution in [3.05, 3.63) is 43.9 Å². The molecule has 2 aromatic rings. The van der Waals surface area contributed by atoms with Crippen molar-refractivity contribution in [2.45, 2.75) is 13.3 Å². The van der Waals surface area contributed by atoms with E-state index in [0.29, 0.717) is 27.5 Å². The summed E-state index contributed by atoms with van der Waals surface area (Å²) in [5.41, 5.74) is 0. The molecular formula is C14H13Cl2IN2O. The molecule has 0 aliphatic heterocycles. The van der Waals surface area contributed by atoms with Gasteiger partial charge >= 0.3 is 0 Å². The summed E-state index contributed by atoms with van der Waals surface area (Å²) in [5, 5.41) is 4.01. The van der Waals surface area contributed by atoms with E-state index in [0.717, 1.165) is 16.5 Å². The predicted octanol–water partition coefficient (Wildman–Crippen LogP) is 5.61. The summed E-state index contributed by atoms with van der Waals surface area (Å²) < 4.78 is 6.80. The smallest absolute Gasteiger partial charge is 0.240 e. The normalized spacial score (nSPS) is 10.4. The van der Waals surface area contributed by atoms with E-state index in [9.17, 15) is 0 Å². The van der Waals surface area contributed by atoms with Gasteiger partial charge in [-0.3, -0.25) is 0 Å². The van der Waals surface area contributed by atoms with Gasteiger partial charge < -0.3 is 10.1 Å². The molecule has 20 heavy (non-hydrogen) atoms. The van der Waals surface area contributed by atoms with Crippen LogP contribution in [0.4, 0.5) is 5.82 Å². The van der Waals surface area contributed by atoms with Crippen molar-refractivity contribution in [2.24, 2.45) is 0 Å². The molecule has 6 heteroatoms. The van der Waals surface area contributed by atoms with Gasteiger partial charge in [-0.05, 0) is 53.3 Å². The maximum atomic E-state index is 6.12. The van der Waals surface area contributed by atoms with Crippen molar-refractivity contribution >= 4 is 51.6 Å². The first-order chi connectivity index (χ1) is 9.60. The quantitative estimate of drug-likeness (QED) is 0.636. The minimum Gasteiger partial charge on any atom is -0.437 e. The molecule has 1 N–H and O–H groups in total. The second-order valence-electron chi connectivity index (χ2n) is 4.09. The molecule has 1 heterocycles. The molecule has 2 rings (SSSR count). The maximum Gasteiger partial charge on any atom is 0.240 e. The molecule has 0 radical (unpaired) electrons. The number of hydrogen-bond acceptors (Lipinski definition) is 3. The Morgan fingerprint density at radius 1 is 1.25 bits per heavy atom. The molecule has 0 unspecified atom stereocenters. The van der Waals surface area contributed by atoms with Gasteiger partial charge in [-0.1, -0.05) is 36.2 Å². The first-order valence-electron chi connectivity index (χ1n) is 6.13. The SMILES string of the molecule is CCCNc1nc(Oc2cccc(I)c2)c(Cl)cc1Cl. The summed E-state index contributed by atoms with van der Waals surface area (Å²) in [7, 11) is 0. The van der Waals surface area contributed by atoms with Gasteiger partial charge in [-0.15, -0.1) is 0 Å². The molecule has 0 aliphatic carbocycles. The van der Waals surface area contributed by atoms with E-state index in [1.165, 1.54) is 0 Å². The van der Waals surface area contributed by atoms with Gasteiger partial charge in [-0.25, -0.2) is 0 Å². The van der Waals surface area contributed by atoms with Crippen LogP contribution < -0.4 is 10.1 Å². The van der Waals surface area contributed by atoms with Crippen LogP contribution >= 0.6 is 45.8 Å². The van der Waals surface area contributed by atoms with Gasteiger partial charge in [0, 0.05) is 10.1 Å². The van der Waals surface area contributed by atoms with Crippen molar-refractivity contribution in [3.63, 3.8) is 0 Å². The third-order valence-corrected chi connectivity index (χ3v) is 3.68. The molecule has 0 saturated carbocycles. The van der Waals surface area contributed by atoms with E-state index in [4.69, 9.17) is 27.9 Å². The van der Waals surface area contributed by atoms with Crippen molar-refractivity contribution < 1.29 is 4.74 Å². The summed E-state index contributed by atoms with van der Waals surface area (Å²) in [6, 6.07) is 9.30. The Morgan fingerprint density at radius 2 is 2.05 bits per heavy atom. The number of halogens is 3.